The standard InChI is InChI=1S/C18H17BrN4O2/c1-3-23-11(2)20-15-10-12(8-9-16(15)23)17(24)21-22-18(25)13-6-4-5-7-14(13)19/h4-10H,3H2,1-2H3,(H,21,24)(H,22,25). The first-order valence-electron chi connectivity index (χ1n) is 7.83. The maximum absolute atomic E-state index is 12.3. The predicted octanol–water partition coefficient (Wildman–Crippen LogP) is 3.20. The van der Waals surface area contributed by atoms with Crippen molar-refractivity contribution in [2.75, 3.05) is 0 Å². The highest BCUT2D eigenvalue weighted by Crippen LogP contribution is 2.18. The molecule has 0 spiro atoms. The quantitative estimate of drug-likeness (QED) is 0.662. The van der Waals surface area contributed by atoms with Crippen LogP contribution >= 0.6 is 15.9 Å². The number of carbonyl (C=O) groups excluding carboxylic acids is 2. The number of nitrogens with zero attached hydrogens (tertiary/aromatic N) is 2. The molecule has 3 aromatic rings. The second-order valence-electron chi connectivity index (χ2n) is 5.49. The van der Waals surface area contributed by atoms with E-state index in [1.165, 1.54) is 0 Å². The summed E-state index contributed by atoms with van der Waals surface area (Å²) in [6, 6.07) is 12.3. The van der Waals surface area contributed by atoms with Crippen molar-refractivity contribution in [2.24, 2.45) is 0 Å². The highest BCUT2D eigenvalue weighted by atomic mass is 79.9. The fourth-order valence-corrected chi connectivity index (χ4v) is 3.15. The van der Waals surface area contributed by atoms with Crippen molar-refractivity contribution in [3.8, 4) is 0 Å². The minimum Gasteiger partial charge on any atom is -0.329 e. The smallest absolute Gasteiger partial charge is 0.270 e. The van der Waals surface area contributed by atoms with Gasteiger partial charge in [-0.25, -0.2) is 4.98 Å². The summed E-state index contributed by atoms with van der Waals surface area (Å²) in [6.45, 7) is 4.79. The van der Waals surface area contributed by atoms with Crippen molar-refractivity contribution in [1.82, 2.24) is 20.4 Å². The Balaban J connectivity index is 1.74. The van der Waals surface area contributed by atoms with Gasteiger partial charge >= 0.3 is 0 Å². The number of hydrazine groups is 1. The summed E-state index contributed by atoms with van der Waals surface area (Å²) in [5.74, 6) is 0.108. The third kappa shape index (κ3) is 3.41. The Morgan fingerprint density at radius 1 is 1.12 bits per heavy atom. The first-order valence-corrected chi connectivity index (χ1v) is 8.62. The molecule has 128 valence electrons. The summed E-state index contributed by atoms with van der Waals surface area (Å²) in [6.07, 6.45) is 0. The molecule has 0 saturated carbocycles. The molecule has 7 heteroatoms. The largest absolute Gasteiger partial charge is 0.329 e. The second kappa shape index (κ2) is 7.06. The summed E-state index contributed by atoms with van der Waals surface area (Å²) < 4.78 is 2.73. The molecule has 6 nitrogen and oxygen atoms in total. The number of carbonyl (C=O) groups is 2. The number of rotatable bonds is 3. The summed E-state index contributed by atoms with van der Waals surface area (Å²) in [7, 11) is 0. The highest BCUT2D eigenvalue weighted by Gasteiger charge is 2.13. The number of fused-ring (bicyclic) bond motifs is 1. The van der Waals surface area contributed by atoms with E-state index >= 15 is 0 Å². The van der Waals surface area contributed by atoms with Gasteiger partial charge in [-0.2, -0.15) is 0 Å². The van der Waals surface area contributed by atoms with Crippen LogP contribution in [0.15, 0.2) is 46.9 Å². The first kappa shape index (κ1) is 17.2. The van der Waals surface area contributed by atoms with E-state index in [1.54, 1.807) is 30.3 Å². The van der Waals surface area contributed by atoms with Crippen LogP contribution in [0.4, 0.5) is 0 Å². The zero-order valence-corrected chi connectivity index (χ0v) is 15.4. The molecule has 2 N–H and O–H groups in total. The van der Waals surface area contributed by atoms with E-state index in [2.05, 4.69) is 36.3 Å². The molecule has 0 atom stereocenters. The molecule has 0 fully saturated rings. The van der Waals surface area contributed by atoms with Gasteiger partial charge in [0.15, 0.2) is 0 Å². The predicted molar refractivity (Wildman–Crippen MR) is 99.2 cm³/mol. The molecule has 0 aliphatic carbocycles. The number of imidazole rings is 1. The molecule has 0 bridgehead atoms. The molecule has 1 aromatic heterocycles. The number of amides is 2. The summed E-state index contributed by atoms with van der Waals surface area (Å²) in [5, 5.41) is 0. The van der Waals surface area contributed by atoms with E-state index in [1.807, 2.05) is 26.0 Å². The van der Waals surface area contributed by atoms with Gasteiger partial charge in [0, 0.05) is 16.6 Å². The van der Waals surface area contributed by atoms with Gasteiger partial charge < -0.3 is 4.57 Å². The Kier molecular flexibility index (Phi) is 4.85. The normalized spacial score (nSPS) is 10.7. The van der Waals surface area contributed by atoms with Crippen molar-refractivity contribution in [1.29, 1.82) is 0 Å². The lowest BCUT2D eigenvalue weighted by Gasteiger charge is -2.09. The lowest BCUT2D eigenvalue weighted by Crippen LogP contribution is -2.41. The van der Waals surface area contributed by atoms with Crippen molar-refractivity contribution >= 4 is 38.8 Å². The van der Waals surface area contributed by atoms with Crippen LogP contribution in [-0.4, -0.2) is 21.4 Å². The molecule has 0 aliphatic heterocycles. The molecule has 25 heavy (non-hydrogen) atoms. The SMILES string of the molecule is CCn1c(C)nc2cc(C(=O)NNC(=O)c3ccccc3Br)ccc21. The fourth-order valence-electron chi connectivity index (χ4n) is 2.69. The second-order valence-corrected chi connectivity index (χ2v) is 6.35. The number of aromatic nitrogens is 2. The van der Waals surface area contributed by atoms with Crippen LogP contribution < -0.4 is 10.9 Å². The number of aryl methyl sites for hydroxylation is 2. The van der Waals surface area contributed by atoms with Crippen molar-refractivity contribution < 1.29 is 9.59 Å². The number of hydrogen-bond acceptors (Lipinski definition) is 3. The molecular formula is C18H17BrN4O2. The molecule has 2 aromatic carbocycles. The van der Waals surface area contributed by atoms with Gasteiger partial charge in [0.2, 0.25) is 0 Å². The van der Waals surface area contributed by atoms with Crippen LogP contribution in [0.3, 0.4) is 0 Å². The number of nitrogens with one attached hydrogen (secondary N) is 2. The van der Waals surface area contributed by atoms with Crippen molar-refractivity contribution in [3.05, 3.63) is 63.9 Å². The zero-order valence-electron chi connectivity index (χ0n) is 13.8. The maximum atomic E-state index is 12.3. The van der Waals surface area contributed by atoms with Crippen molar-refractivity contribution in [3.63, 3.8) is 0 Å². The Labute approximate surface area is 153 Å². The van der Waals surface area contributed by atoms with Gasteiger partial charge in [0.05, 0.1) is 16.6 Å². The van der Waals surface area contributed by atoms with E-state index in [-0.39, 0.29) is 0 Å². The average molecular weight is 401 g/mol. The topological polar surface area (TPSA) is 76.0 Å². The Hall–Kier alpha value is -2.67. The molecule has 1 heterocycles. The average Bonchev–Trinajstić information content (AvgIpc) is 2.93. The van der Waals surface area contributed by atoms with Crippen molar-refractivity contribution in [2.45, 2.75) is 20.4 Å². The van der Waals surface area contributed by atoms with Crippen LogP contribution in [0.2, 0.25) is 0 Å². The van der Waals surface area contributed by atoms with Gasteiger partial charge in [-0.15, -0.1) is 0 Å². The van der Waals surface area contributed by atoms with Gasteiger partial charge in [-0.05, 0) is 60.1 Å². The molecule has 0 unspecified atom stereocenters. The minimum atomic E-state index is -0.397. The lowest BCUT2D eigenvalue weighted by molar-refractivity contribution is 0.0846. The van der Waals surface area contributed by atoms with E-state index in [0.29, 0.717) is 15.6 Å². The van der Waals surface area contributed by atoms with Gasteiger partial charge in [-0.3, -0.25) is 20.4 Å². The van der Waals surface area contributed by atoms with Crippen LogP contribution in [0, 0.1) is 6.92 Å². The van der Waals surface area contributed by atoms with E-state index in [0.717, 1.165) is 23.4 Å². The third-order valence-corrected chi connectivity index (χ3v) is 4.62. The van der Waals surface area contributed by atoms with Crippen LogP contribution in [-0.2, 0) is 6.54 Å². The van der Waals surface area contributed by atoms with Gasteiger partial charge in [0.25, 0.3) is 11.8 Å². The van der Waals surface area contributed by atoms with E-state index in [4.69, 9.17) is 0 Å². The highest BCUT2D eigenvalue weighted by molar-refractivity contribution is 9.10. The third-order valence-electron chi connectivity index (χ3n) is 3.93. The molecular weight excluding hydrogens is 384 g/mol. The summed E-state index contributed by atoms with van der Waals surface area (Å²) >= 11 is 3.31. The summed E-state index contributed by atoms with van der Waals surface area (Å²) in [4.78, 5) is 28.9. The molecule has 0 aliphatic rings. The first-order chi connectivity index (χ1) is 12.0. The molecule has 0 saturated heterocycles. The van der Waals surface area contributed by atoms with Crippen LogP contribution in [0.5, 0.6) is 0 Å². The van der Waals surface area contributed by atoms with Gasteiger partial charge in [-0.1, -0.05) is 12.1 Å². The van der Waals surface area contributed by atoms with E-state index < -0.39 is 11.8 Å². The Bertz CT molecular complexity index is 965. The van der Waals surface area contributed by atoms with E-state index in [9.17, 15) is 9.59 Å². The zero-order chi connectivity index (χ0) is 18.0. The number of halogens is 1. The lowest BCUT2D eigenvalue weighted by atomic mass is 10.2. The summed E-state index contributed by atoms with van der Waals surface area (Å²) in [5.41, 5.74) is 7.46. The number of benzene rings is 2. The maximum Gasteiger partial charge on any atom is 0.270 e. The Morgan fingerprint density at radius 2 is 1.84 bits per heavy atom. The fraction of sp³-hybridized carbons (Fsp3) is 0.167. The molecule has 2 amide bonds. The number of hydrogen-bond donors (Lipinski definition) is 2. The minimum absolute atomic E-state index is 0.395. The molecule has 3 rings (SSSR count). The molecule has 0 radical (unpaired) electrons. The Morgan fingerprint density at radius 3 is 2.56 bits per heavy atom. The van der Waals surface area contributed by atoms with Gasteiger partial charge in [0.1, 0.15) is 5.82 Å². The van der Waals surface area contributed by atoms with Crippen LogP contribution in [0.1, 0.15) is 33.5 Å². The monoisotopic (exact) mass is 400 g/mol. The van der Waals surface area contributed by atoms with Crippen LogP contribution in [0.25, 0.3) is 11.0 Å².